The Morgan fingerprint density at radius 2 is 2.00 bits per heavy atom. The first-order chi connectivity index (χ1) is 8.47. The molecule has 0 saturated carbocycles. The molecular weight excluding hydrogens is 236 g/mol. The summed E-state index contributed by atoms with van der Waals surface area (Å²) in [4.78, 5) is 26.7. The lowest BCUT2D eigenvalue weighted by atomic mass is 10.0. The standard InChI is InChI=1S/C12H22N2O4/c1-4-14(11(15)5-6-13(2)3)10-8-18-7-9(10)12(16)17/h9-10H,4-8H2,1-3H3,(H,16,17). The summed E-state index contributed by atoms with van der Waals surface area (Å²) in [6.45, 7) is 3.56. The van der Waals surface area contributed by atoms with E-state index in [1.807, 2.05) is 25.9 Å². The van der Waals surface area contributed by atoms with E-state index in [2.05, 4.69) is 0 Å². The molecule has 0 aliphatic carbocycles. The summed E-state index contributed by atoms with van der Waals surface area (Å²) in [5.74, 6) is -1.50. The van der Waals surface area contributed by atoms with Crippen LogP contribution in [0, 0.1) is 5.92 Å². The van der Waals surface area contributed by atoms with Crippen LogP contribution in [-0.2, 0) is 14.3 Å². The maximum Gasteiger partial charge on any atom is 0.311 e. The number of ether oxygens (including phenoxy) is 1. The summed E-state index contributed by atoms with van der Waals surface area (Å²) >= 11 is 0. The average molecular weight is 258 g/mol. The number of hydrogen-bond donors (Lipinski definition) is 1. The minimum absolute atomic E-state index is 0.00653. The fraction of sp³-hybridized carbons (Fsp3) is 0.833. The molecule has 0 aromatic rings. The van der Waals surface area contributed by atoms with E-state index < -0.39 is 11.9 Å². The van der Waals surface area contributed by atoms with Gasteiger partial charge in [0.15, 0.2) is 0 Å². The van der Waals surface area contributed by atoms with Gasteiger partial charge >= 0.3 is 5.97 Å². The van der Waals surface area contributed by atoms with Crippen molar-refractivity contribution in [2.24, 2.45) is 5.92 Å². The zero-order valence-electron chi connectivity index (χ0n) is 11.3. The Labute approximate surface area is 107 Å². The first-order valence-electron chi connectivity index (χ1n) is 6.22. The molecule has 1 N–H and O–H groups in total. The molecule has 2 atom stereocenters. The van der Waals surface area contributed by atoms with E-state index in [1.165, 1.54) is 0 Å². The van der Waals surface area contributed by atoms with Crippen molar-refractivity contribution < 1.29 is 19.4 Å². The summed E-state index contributed by atoms with van der Waals surface area (Å²) in [6, 6.07) is -0.331. The second-order valence-electron chi connectivity index (χ2n) is 4.78. The fourth-order valence-corrected chi connectivity index (χ4v) is 2.14. The fourth-order valence-electron chi connectivity index (χ4n) is 2.14. The van der Waals surface area contributed by atoms with Gasteiger partial charge in [-0.25, -0.2) is 0 Å². The molecule has 104 valence electrons. The van der Waals surface area contributed by atoms with E-state index >= 15 is 0 Å². The predicted molar refractivity (Wildman–Crippen MR) is 66.3 cm³/mol. The maximum absolute atomic E-state index is 12.1. The highest BCUT2D eigenvalue weighted by atomic mass is 16.5. The van der Waals surface area contributed by atoms with Gasteiger partial charge in [-0.05, 0) is 21.0 Å². The van der Waals surface area contributed by atoms with E-state index in [-0.39, 0.29) is 18.6 Å². The van der Waals surface area contributed by atoms with Crippen molar-refractivity contribution in [3.05, 3.63) is 0 Å². The highest BCUT2D eigenvalue weighted by Gasteiger charge is 2.39. The zero-order chi connectivity index (χ0) is 13.7. The number of hydrogen-bond acceptors (Lipinski definition) is 4. The molecule has 6 nitrogen and oxygen atoms in total. The van der Waals surface area contributed by atoms with Crippen molar-refractivity contribution in [3.63, 3.8) is 0 Å². The average Bonchev–Trinajstić information content (AvgIpc) is 2.76. The molecular formula is C12H22N2O4. The van der Waals surface area contributed by atoms with Crippen molar-refractivity contribution in [1.82, 2.24) is 9.80 Å². The summed E-state index contributed by atoms with van der Waals surface area (Å²) in [5, 5.41) is 9.10. The lowest BCUT2D eigenvalue weighted by Gasteiger charge is -2.29. The second kappa shape index (κ2) is 6.70. The number of aliphatic carboxylic acids is 1. The van der Waals surface area contributed by atoms with E-state index in [9.17, 15) is 9.59 Å². The SMILES string of the molecule is CCN(C(=O)CCN(C)C)C1COCC1C(=O)O. The van der Waals surface area contributed by atoms with Crippen molar-refractivity contribution in [3.8, 4) is 0 Å². The van der Waals surface area contributed by atoms with Gasteiger partial charge in [-0.1, -0.05) is 0 Å². The van der Waals surface area contributed by atoms with Crippen LogP contribution in [0.2, 0.25) is 0 Å². The van der Waals surface area contributed by atoms with Crippen LogP contribution >= 0.6 is 0 Å². The predicted octanol–water partition coefficient (Wildman–Crippen LogP) is -0.114. The number of carboxylic acids is 1. The molecule has 6 heteroatoms. The summed E-state index contributed by atoms with van der Waals surface area (Å²) in [6.07, 6.45) is 0.406. The number of rotatable bonds is 6. The number of likely N-dealkylation sites (N-methyl/N-ethyl adjacent to an activating group) is 1. The topological polar surface area (TPSA) is 70.1 Å². The Kier molecular flexibility index (Phi) is 5.55. The van der Waals surface area contributed by atoms with Gasteiger partial charge in [-0.3, -0.25) is 9.59 Å². The van der Waals surface area contributed by atoms with E-state index in [0.29, 0.717) is 26.1 Å². The molecule has 0 aromatic carbocycles. The van der Waals surface area contributed by atoms with Gasteiger partial charge in [0.1, 0.15) is 5.92 Å². The van der Waals surface area contributed by atoms with E-state index in [4.69, 9.17) is 9.84 Å². The largest absolute Gasteiger partial charge is 0.481 e. The molecule has 18 heavy (non-hydrogen) atoms. The Morgan fingerprint density at radius 1 is 1.33 bits per heavy atom. The number of nitrogens with zero attached hydrogens (tertiary/aromatic N) is 2. The molecule has 1 amide bonds. The van der Waals surface area contributed by atoms with Gasteiger partial charge in [0.2, 0.25) is 5.91 Å². The molecule has 1 fully saturated rings. The molecule has 1 saturated heterocycles. The molecule has 1 aliphatic rings. The van der Waals surface area contributed by atoms with Crippen LogP contribution in [0.5, 0.6) is 0 Å². The Hall–Kier alpha value is -1.14. The third-order valence-electron chi connectivity index (χ3n) is 3.20. The molecule has 0 radical (unpaired) electrons. The van der Waals surface area contributed by atoms with Crippen molar-refractivity contribution in [2.75, 3.05) is 40.4 Å². The molecule has 0 spiro atoms. The van der Waals surface area contributed by atoms with Crippen molar-refractivity contribution >= 4 is 11.9 Å². The number of carboxylic acid groups (broad SMARTS) is 1. The smallest absolute Gasteiger partial charge is 0.311 e. The Morgan fingerprint density at radius 3 is 2.50 bits per heavy atom. The first-order valence-corrected chi connectivity index (χ1v) is 6.22. The van der Waals surface area contributed by atoms with Crippen LogP contribution < -0.4 is 0 Å². The van der Waals surface area contributed by atoms with Crippen LogP contribution in [0.4, 0.5) is 0 Å². The minimum atomic E-state index is -0.892. The second-order valence-corrected chi connectivity index (χ2v) is 4.78. The lowest BCUT2D eigenvalue weighted by Crippen LogP contribution is -2.47. The first kappa shape index (κ1) is 14.9. The maximum atomic E-state index is 12.1. The third kappa shape index (κ3) is 3.68. The highest BCUT2D eigenvalue weighted by molar-refractivity contribution is 5.78. The molecule has 0 aromatic heterocycles. The van der Waals surface area contributed by atoms with Gasteiger partial charge < -0.3 is 19.6 Å². The molecule has 1 heterocycles. The summed E-state index contributed by atoms with van der Waals surface area (Å²) in [5.41, 5.74) is 0. The van der Waals surface area contributed by atoms with Gasteiger partial charge in [0.05, 0.1) is 19.3 Å². The minimum Gasteiger partial charge on any atom is -0.481 e. The summed E-state index contributed by atoms with van der Waals surface area (Å²) in [7, 11) is 3.81. The lowest BCUT2D eigenvalue weighted by molar-refractivity contribution is -0.145. The van der Waals surface area contributed by atoms with Crippen LogP contribution in [0.1, 0.15) is 13.3 Å². The van der Waals surface area contributed by atoms with Gasteiger partial charge in [0.25, 0.3) is 0 Å². The van der Waals surface area contributed by atoms with Crippen LogP contribution in [0.15, 0.2) is 0 Å². The quantitative estimate of drug-likeness (QED) is 0.719. The number of carbonyl (C=O) groups is 2. The van der Waals surface area contributed by atoms with Crippen LogP contribution in [0.3, 0.4) is 0 Å². The monoisotopic (exact) mass is 258 g/mol. The normalized spacial score (nSPS) is 23.3. The van der Waals surface area contributed by atoms with Crippen molar-refractivity contribution in [1.29, 1.82) is 0 Å². The number of amides is 1. The van der Waals surface area contributed by atoms with Crippen LogP contribution in [-0.4, -0.2) is 73.2 Å². The molecule has 0 bridgehead atoms. The molecule has 1 rings (SSSR count). The van der Waals surface area contributed by atoms with E-state index in [1.54, 1.807) is 4.90 Å². The van der Waals surface area contributed by atoms with Crippen LogP contribution in [0.25, 0.3) is 0 Å². The summed E-state index contributed by atoms with van der Waals surface area (Å²) < 4.78 is 5.20. The number of carbonyl (C=O) groups excluding carboxylic acids is 1. The van der Waals surface area contributed by atoms with E-state index in [0.717, 1.165) is 0 Å². The molecule has 1 aliphatic heterocycles. The van der Waals surface area contributed by atoms with Gasteiger partial charge in [-0.2, -0.15) is 0 Å². The molecule has 2 unspecified atom stereocenters. The van der Waals surface area contributed by atoms with Gasteiger partial charge in [0, 0.05) is 19.5 Å². The third-order valence-corrected chi connectivity index (χ3v) is 3.20. The Bertz CT molecular complexity index is 306. The Balaban J connectivity index is 2.64. The van der Waals surface area contributed by atoms with Gasteiger partial charge in [-0.15, -0.1) is 0 Å². The highest BCUT2D eigenvalue weighted by Crippen LogP contribution is 2.20. The zero-order valence-corrected chi connectivity index (χ0v) is 11.3. The van der Waals surface area contributed by atoms with Crippen molar-refractivity contribution in [2.45, 2.75) is 19.4 Å².